The second-order valence-corrected chi connectivity index (χ2v) is 7.71. The van der Waals surface area contributed by atoms with Crippen LogP contribution in [0.3, 0.4) is 0 Å². The van der Waals surface area contributed by atoms with Crippen LogP contribution in [0.25, 0.3) is 22.4 Å². The number of likely N-dealkylation sites (tertiary alicyclic amines) is 1. The monoisotopic (exact) mass is 372 g/mol. The molecule has 3 aromatic heterocycles. The van der Waals surface area contributed by atoms with Crippen LogP contribution in [0.15, 0.2) is 55.2 Å². The summed E-state index contributed by atoms with van der Waals surface area (Å²) in [6.07, 6.45) is 9.64. The zero-order valence-corrected chi connectivity index (χ0v) is 16.0. The number of rotatable bonds is 5. The molecule has 1 fully saturated rings. The summed E-state index contributed by atoms with van der Waals surface area (Å²) in [5.41, 5.74) is 4.62. The Morgan fingerprint density at radius 3 is 3.04 bits per heavy atom. The summed E-state index contributed by atoms with van der Waals surface area (Å²) in [6.45, 7) is 3.26. The van der Waals surface area contributed by atoms with Gasteiger partial charge in [-0.15, -0.1) is 0 Å². The van der Waals surface area contributed by atoms with Crippen molar-refractivity contribution >= 4 is 10.9 Å². The molecule has 5 rings (SSSR count). The normalized spacial score (nSPS) is 17.5. The van der Waals surface area contributed by atoms with Crippen LogP contribution in [-0.4, -0.2) is 42.5 Å². The van der Waals surface area contributed by atoms with Crippen molar-refractivity contribution in [2.75, 3.05) is 13.1 Å². The maximum absolute atomic E-state index is 4.51. The van der Waals surface area contributed by atoms with Crippen molar-refractivity contribution in [3.8, 4) is 11.5 Å². The molecule has 1 aliphatic heterocycles. The maximum atomic E-state index is 4.51. The van der Waals surface area contributed by atoms with Crippen LogP contribution in [-0.2, 0) is 20.0 Å². The summed E-state index contributed by atoms with van der Waals surface area (Å²) in [6, 6.07) is 10.8. The van der Waals surface area contributed by atoms with Crippen molar-refractivity contribution in [1.82, 2.24) is 29.4 Å². The molecular formula is C22H24N6. The molecule has 142 valence electrons. The first-order valence-electron chi connectivity index (χ1n) is 9.82. The number of aromatic nitrogens is 5. The summed E-state index contributed by atoms with van der Waals surface area (Å²) in [5.74, 6) is 1.52. The smallest absolute Gasteiger partial charge is 0.158 e. The lowest BCUT2D eigenvalue weighted by Crippen LogP contribution is -2.20. The Bertz CT molecular complexity index is 1100. The van der Waals surface area contributed by atoms with Gasteiger partial charge in [-0.3, -0.25) is 4.90 Å². The molecule has 0 bridgehead atoms. The Balaban J connectivity index is 1.26. The number of benzene rings is 1. The minimum atomic E-state index is 0.634. The van der Waals surface area contributed by atoms with Gasteiger partial charge in [0.2, 0.25) is 0 Å². The molecule has 0 unspecified atom stereocenters. The highest BCUT2D eigenvalue weighted by Crippen LogP contribution is 2.25. The molecule has 1 aromatic carbocycles. The highest BCUT2D eigenvalue weighted by atomic mass is 15.1. The van der Waals surface area contributed by atoms with E-state index in [4.69, 9.17) is 0 Å². The van der Waals surface area contributed by atoms with Gasteiger partial charge in [0, 0.05) is 55.3 Å². The van der Waals surface area contributed by atoms with Crippen LogP contribution >= 0.6 is 0 Å². The summed E-state index contributed by atoms with van der Waals surface area (Å²) in [5, 5.41) is 1.33. The van der Waals surface area contributed by atoms with Crippen molar-refractivity contribution in [1.29, 1.82) is 0 Å². The van der Waals surface area contributed by atoms with E-state index in [1.54, 1.807) is 12.5 Å². The van der Waals surface area contributed by atoms with Gasteiger partial charge in [0.15, 0.2) is 5.82 Å². The summed E-state index contributed by atoms with van der Waals surface area (Å²) in [4.78, 5) is 19.2. The highest BCUT2D eigenvalue weighted by Gasteiger charge is 2.24. The van der Waals surface area contributed by atoms with Gasteiger partial charge in [0.1, 0.15) is 12.0 Å². The molecule has 0 amide bonds. The first kappa shape index (κ1) is 17.1. The molecule has 0 spiro atoms. The zero-order valence-electron chi connectivity index (χ0n) is 16.0. The fourth-order valence-electron chi connectivity index (χ4n) is 4.29. The minimum Gasteiger partial charge on any atom is -0.361 e. The number of nitrogens with one attached hydrogen (secondary N) is 1. The molecule has 1 saturated heterocycles. The topological polar surface area (TPSA) is 62.6 Å². The van der Waals surface area contributed by atoms with Gasteiger partial charge < -0.3 is 9.55 Å². The average molecular weight is 372 g/mol. The fraction of sp³-hybridized carbons (Fsp3) is 0.318. The summed E-state index contributed by atoms with van der Waals surface area (Å²) >= 11 is 0. The van der Waals surface area contributed by atoms with Crippen molar-refractivity contribution in [2.45, 2.75) is 19.4 Å². The van der Waals surface area contributed by atoms with Crippen molar-refractivity contribution in [3.05, 3.63) is 66.5 Å². The first-order chi connectivity index (χ1) is 13.8. The third-order valence-corrected chi connectivity index (χ3v) is 5.72. The largest absolute Gasteiger partial charge is 0.361 e. The second kappa shape index (κ2) is 7.20. The highest BCUT2D eigenvalue weighted by molar-refractivity contribution is 5.82. The fourth-order valence-corrected chi connectivity index (χ4v) is 4.29. The number of aryl methyl sites for hydroxylation is 1. The Kier molecular flexibility index (Phi) is 4.41. The van der Waals surface area contributed by atoms with E-state index in [0.29, 0.717) is 5.92 Å². The number of fused-ring (bicyclic) bond motifs is 1. The molecule has 6 heteroatoms. The van der Waals surface area contributed by atoms with Gasteiger partial charge in [-0.25, -0.2) is 15.0 Å². The zero-order chi connectivity index (χ0) is 18.9. The van der Waals surface area contributed by atoms with E-state index < -0.39 is 0 Å². The lowest BCUT2D eigenvalue weighted by atomic mass is 10.0. The van der Waals surface area contributed by atoms with E-state index in [-0.39, 0.29) is 0 Å². The molecule has 0 saturated carbocycles. The van der Waals surface area contributed by atoms with Gasteiger partial charge in [-0.1, -0.05) is 12.1 Å². The Morgan fingerprint density at radius 2 is 2.14 bits per heavy atom. The van der Waals surface area contributed by atoms with Crippen molar-refractivity contribution in [3.63, 3.8) is 0 Å². The van der Waals surface area contributed by atoms with E-state index in [9.17, 15) is 0 Å². The molecule has 4 heterocycles. The van der Waals surface area contributed by atoms with Gasteiger partial charge in [0.25, 0.3) is 0 Å². The molecule has 28 heavy (non-hydrogen) atoms. The standard InChI is InChI=1S/C22H24N6/c1-27-10-8-24-22(27)21-12-18(25-15-26-21)11-16-6-9-28(13-16)14-17-3-2-4-20-19(17)5-7-23-20/h2-5,7-8,10,12,15-16,23H,6,9,11,13-14H2,1H3/t16-/m1/s1. The molecule has 1 N–H and O–H groups in total. The number of hydrogen-bond acceptors (Lipinski definition) is 4. The van der Waals surface area contributed by atoms with Gasteiger partial charge >= 0.3 is 0 Å². The minimum absolute atomic E-state index is 0.634. The summed E-state index contributed by atoms with van der Waals surface area (Å²) < 4.78 is 1.99. The lowest BCUT2D eigenvalue weighted by molar-refractivity contribution is 0.317. The quantitative estimate of drug-likeness (QED) is 0.583. The molecule has 0 aliphatic carbocycles. The van der Waals surface area contributed by atoms with Crippen LogP contribution < -0.4 is 0 Å². The molecular weight excluding hydrogens is 348 g/mol. The predicted molar refractivity (Wildman–Crippen MR) is 110 cm³/mol. The Labute approximate surface area is 164 Å². The lowest BCUT2D eigenvalue weighted by Gasteiger charge is -2.17. The predicted octanol–water partition coefficient (Wildman–Crippen LogP) is 3.42. The second-order valence-electron chi connectivity index (χ2n) is 7.71. The number of nitrogens with zero attached hydrogens (tertiary/aromatic N) is 5. The van der Waals surface area contributed by atoms with Crippen molar-refractivity contribution < 1.29 is 0 Å². The van der Waals surface area contributed by atoms with Gasteiger partial charge in [0.05, 0.1) is 0 Å². The number of hydrogen-bond donors (Lipinski definition) is 1. The molecule has 1 atom stereocenters. The number of imidazole rings is 1. The first-order valence-corrected chi connectivity index (χ1v) is 9.82. The Hall–Kier alpha value is -2.99. The number of aromatic amines is 1. The third kappa shape index (κ3) is 3.31. The molecule has 6 nitrogen and oxygen atoms in total. The number of H-pyrrole nitrogens is 1. The van der Waals surface area contributed by atoms with Gasteiger partial charge in [-0.05, 0) is 49.1 Å². The van der Waals surface area contributed by atoms with Crippen LogP contribution in [0.2, 0.25) is 0 Å². The van der Waals surface area contributed by atoms with Crippen LogP contribution in [0.1, 0.15) is 17.7 Å². The SMILES string of the molecule is Cn1ccnc1-c1cc(C[C@H]2CCN(Cc3cccc4[nH]ccc34)C2)ncn1. The van der Waals surface area contributed by atoms with E-state index in [1.165, 1.54) is 22.9 Å². The van der Waals surface area contributed by atoms with E-state index in [1.807, 2.05) is 24.0 Å². The van der Waals surface area contributed by atoms with Crippen LogP contribution in [0, 0.1) is 5.92 Å². The molecule has 0 radical (unpaired) electrons. The van der Waals surface area contributed by atoms with E-state index >= 15 is 0 Å². The van der Waals surface area contributed by atoms with E-state index in [2.05, 4.69) is 55.2 Å². The van der Waals surface area contributed by atoms with Crippen LogP contribution in [0.4, 0.5) is 0 Å². The average Bonchev–Trinajstić information content (AvgIpc) is 3.43. The van der Waals surface area contributed by atoms with Crippen molar-refractivity contribution in [2.24, 2.45) is 13.0 Å². The molecule has 4 aromatic rings. The third-order valence-electron chi connectivity index (χ3n) is 5.72. The summed E-state index contributed by atoms with van der Waals surface area (Å²) in [7, 11) is 1.99. The van der Waals surface area contributed by atoms with E-state index in [0.717, 1.165) is 43.3 Å². The molecule has 1 aliphatic rings. The Morgan fingerprint density at radius 1 is 1.18 bits per heavy atom. The van der Waals surface area contributed by atoms with Crippen LogP contribution in [0.5, 0.6) is 0 Å². The maximum Gasteiger partial charge on any atom is 0.158 e. The van der Waals surface area contributed by atoms with Gasteiger partial charge in [-0.2, -0.15) is 0 Å².